The van der Waals surface area contributed by atoms with Crippen LogP contribution in [-0.2, 0) is 4.79 Å². The number of nitro benzene ring substituents is 1. The molecular formula is C16H14N4O3. The van der Waals surface area contributed by atoms with Crippen molar-refractivity contribution in [1.82, 2.24) is 9.99 Å². The van der Waals surface area contributed by atoms with Crippen molar-refractivity contribution < 1.29 is 9.72 Å². The molecule has 1 unspecified atom stereocenters. The molecule has 1 aromatic heterocycles. The van der Waals surface area contributed by atoms with Gasteiger partial charge in [0.15, 0.2) is 0 Å². The first-order chi connectivity index (χ1) is 11.1. The summed E-state index contributed by atoms with van der Waals surface area (Å²) in [4.78, 5) is 26.3. The minimum atomic E-state index is -0.446. The third kappa shape index (κ3) is 2.94. The van der Waals surface area contributed by atoms with Crippen LogP contribution in [0.25, 0.3) is 0 Å². The lowest BCUT2D eigenvalue weighted by Gasteiger charge is -2.13. The van der Waals surface area contributed by atoms with E-state index in [0.717, 1.165) is 11.3 Å². The van der Waals surface area contributed by atoms with Gasteiger partial charge >= 0.3 is 0 Å². The summed E-state index contributed by atoms with van der Waals surface area (Å²) in [6.45, 7) is 1.87. The van der Waals surface area contributed by atoms with E-state index in [1.807, 2.05) is 18.2 Å². The molecule has 2 heterocycles. The Morgan fingerprint density at radius 3 is 2.57 bits per heavy atom. The van der Waals surface area contributed by atoms with Crippen molar-refractivity contribution in [3.8, 4) is 0 Å². The van der Waals surface area contributed by atoms with Crippen LogP contribution in [0, 0.1) is 10.1 Å². The monoisotopic (exact) mass is 310 g/mol. The summed E-state index contributed by atoms with van der Waals surface area (Å²) in [7, 11) is 0. The fourth-order valence-corrected chi connectivity index (χ4v) is 2.53. The molecule has 0 radical (unpaired) electrons. The molecule has 7 nitrogen and oxygen atoms in total. The Balaban J connectivity index is 1.99. The average Bonchev–Trinajstić information content (AvgIpc) is 3.01. The van der Waals surface area contributed by atoms with Crippen LogP contribution in [-0.4, -0.2) is 33.1 Å². The van der Waals surface area contributed by atoms with Gasteiger partial charge in [0.2, 0.25) is 5.91 Å². The molecule has 3 rings (SSSR count). The van der Waals surface area contributed by atoms with E-state index >= 15 is 0 Å². The summed E-state index contributed by atoms with van der Waals surface area (Å²) in [6.07, 6.45) is 1.69. The van der Waals surface area contributed by atoms with Gasteiger partial charge in [-0.15, -0.1) is 0 Å². The molecule has 0 saturated carbocycles. The molecule has 1 aliphatic heterocycles. The summed E-state index contributed by atoms with van der Waals surface area (Å²) in [5.74, 6) is -0.301. The van der Waals surface area contributed by atoms with Crippen LogP contribution >= 0.6 is 0 Å². The van der Waals surface area contributed by atoms with Gasteiger partial charge in [-0.25, -0.2) is 5.01 Å². The van der Waals surface area contributed by atoms with Crippen molar-refractivity contribution >= 4 is 17.3 Å². The second-order valence-corrected chi connectivity index (χ2v) is 5.20. The zero-order valence-corrected chi connectivity index (χ0v) is 12.4. The molecule has 0 N–H and O–H groups in total. The third-order valence-electron chi connectivity index (χ3n) is 3.70. The molecule has 0 spiro atoms. The molecule has 1 aliphatic rings. The van der Waals surface area contributed by atoms with Crippen LogP contribution in [0.1, 0.15) is 24.1 Å². The maximum absolute atomic E-state index is 11.7. The Morgan fingerprint density at radius 2 is 2.00 bits per heavy atom. The lowest BCUT2D eigenvalue weighted by Crippen LogP contribution is -2.23. The van der Waals surface area contributed by atoms with Crippen LogP contribution in [0.2, 0.25) is 0 Å². The summed E-state index contributed by atoms with van der Waals surface area (Å²) in [6, 6.07) is 11.8. The van der Waals surface area contributed by atoms with E-state index in [1.165, 1.54) is 24.1 Å². The van der Waals surface area contributed by atoms with Gasteiger partial charge < -0.3 is 0 Å². The van der Waals surface area contributed by atoms with E-state index in [9.17, 15) is 14.9 Å². The van der Waals surface area contributed by atoms with Gasteiger partial charge in [-0.05, 0) is 29.8 Å². The Kier molecular flexibility index (Phi) is 3.84. The molecule has 1 atom stereocenters. The molecule has 0 aliphatic carbocycles. The van der Waals surface area contributed by atoms with E-state index in [1.54, 1.807) is 18.3 Å². The molecule has 0 fully saturated rings. The summed E-state index contributed by atoms with van der Waals surface area (Å²) >= 11 is 0. The molecule has 1 amide bonds. The van der Waals surface area contributed by atoms with E-state index in [0.29, 0.717) is 12.3 Å². The SMILES string of the molecule is CC(=O)N1CC(c2ccccn2)C(c2ccc([N+](=O)[O-])cc2)=N1. The molecule has 116 valence electrons. The van der Waals surface area contributed by atoms with Gasteiger partial charge in [0.25, 0.3) is 5.69 Å². The number of hydrazone groups is 1. The van der Waals surface area contributed by atoms with Gasteiger partial charge in [0.05, 0.1) is 28.8 Å². The minimum absolute atomic E-state index is 0.0187. The molecule has 23 heavy (non-hydrogen) atoms. The zero-order chi connectivity index (χ0) is 16.4. The summed E-state index contributed by atoms with van der Waals surface area (Å²) < 4.78 is 0. The second-order valence-electron chi connectivity index (χ2n) is 5.20. The maximum atomic E-state index is 11.7. The van der Waals surface area contributed by atoms with Crippen molar-refractivity contribution in [2.45, 2.75) is 12.8 Å². The molecule has 0 bridgehead atoms. The largest absolute Gasteiger partial charge is 0.273 e. The minimum Gasteiger partial charge on any atom is -0.273 e. The van der Waals surface area contributed by atoms with Crippen molar-refractivity contribution in [1.29, 1.82) is 0 Å². The standard InChI is InChI=1S/C16H14N4O3/c1-11(21)19-10-14(15-4-2-3-9-17-15)16(18-19)12-5-7-13(8-6-12)20(22)23/h2-9,14H,10H2,1H3. The van der Waals surface area contributed by atoms with Crippen LogP contribution in [0.5, 0.6) is 0 Å². The van der Waals surface area contributed by atoms with E-state index in [2.05, 4.69) is 10.1 Å². The number of hydrogen-bond donors (Lipinski definition) is 0. The quantitative estimate of drug-likeness (QED) is 0.643. The third-order valence-corrected chi connectivity index (χ3v) is 3.70. The molecule has 7 heteroatoms. The van der Waals surface area contributed by atoms with E-state index in [-0.39, 0.29) is 17.5 Å². The Bertz CT molecular complexity index is 772. The number of hydrogen-bond acceptors (Lipinski definition) is 5. The smallest absolute Gasteiger partial charge is 0.269 e. The normalized spacial score (nSPS) is 17.0. The molecule has 1 aromatic carbocycles. The lowest BCUT2D eigenvalue weighted by atomic mass is 9.94. The summed E-state index contributed by atoms with van der Waals surface area (Å²) in [5.41, 5.74) is 2.27. The van der Waals surface area contributed by atoms with Crippen molar-refractivity contribution in [3.63, 3.8) is 0 Å². The summed E-state index contributed by atoms with van der Waals surface area (Å²) in [5, 5.41) is 16.6. The predicted octanol–water partition coefficient (Wildman–Crippen LogP) is 2.34. The molecule has 0 saturated heterocycles. The number of amides is 1. The van der Waals surface area contributed by atoms with Gasteiger partial charge in [-0.3, -0.25) is 19.9 Å². The predicted molar refractivity (Wildman–Crippen MR) is 84.0 cm³/mol. The number of pyridine rings is 1. The average molecular weight is 310 g/mol. The highest BCUT2D eigenvalue weighted by Gasteiger charge is 2.31. The van der Waals surface area contributed by atoms with Crippen LogP contribution < -0.4 is 0 Å². The molecule has 2 aromatic rings. The topological polar surface area (TPSA) is 88.7 Å². The zero-order valence-electron chi connectivity index (χ0n) is 12.4. The Hall–Kier alpha value is -3.09. The van der Waals surface area contributed by atoms with Crippen molar-refractivity contribution in [3.05, 3.63) is 70.0 Å². The van der Waals surface area contributed by atoms with E-state index in [4.69, 9.17) is 0 Å². The number of nitro groups is 1. The second kappa shape index (κ2) is 5.96. The number of carbonyl (C=O) groups excluding carboxylic acids is 1. The Labute approximate surface area is 132 Å². The van der Waals surface area contributed by atoms with E-state index < -0.39 is 4.92 Å². The number of benzene rings is 1. The fraction of sp³-hybridized carbons (Fsp3) is 0.188. The Morgan fingerprint density at radius 1 is 1.26 bits per heavy atom. The first-order valence-electron chi connectivity index (χ1n) is 7.08. The van der Waals surface area contributed by atoms with Crippen LogP contribution in [0.15, 0.2) is 53.8 Å². The lowest BCUT2D eigenvalue weighted by molar-refractivity contribution is -0.384. The van der Waals surface area contributed by atoms with Gasteiger partial charge in [0, 0.05) is 25.3 Å². The number of rotatable bonds is 3. The maximum Gasteiger partial charge on any atom is 0.269 e. The van der Waals surface area contributed by atoms with Crippen molar-refractivity contribution in [2.24, 2.45) is 5.10 Å². The highest BCUT2D eigenvalue weighted by atomic mass is 16.6. The van der Waals surface area contributed by atoms with Gasteiger partial charge in [-0.1, -0.05) is 6.07 Å². The number of non-ortho nitro benzene ring substituents is 1. The van der Waals surface area contributed by atoms with Crippen LogP contribution in [0.4, 0.5) is 5.69 Å². The van der Waals surface area contributed by atoms with Crippen LogP contribution in [0.3, 0.4) is 0 Å². The number of aromatic nitrogens is 1. The first-order valence-corrected chi connectivity index (χ1v) is 7.08. The fourth-order valence-electron chi connectivity index (χ4n) is 2.53. The number of nitrogens with zero attached hydrogens (tertiary/aromatic N) is 4. The molecular weight excluding hydrogens is 296 g/mol. The van der Waals surface area contributed by atoms with Gasteiger partial charge in [0.1, 0.15) is 0 Å². The number of carbonyl (C=O) groups is 1. The van der Waals surface area contributed by atoms with Crippen molar-refractivity contribution in [2.75, 3.05) is 6.54 Å². The highest BCUT2D eigenvalue weighted by Crippen LogP contribution is 2.28. The van der Waals surface area contributed by atoms with Gasteiger partial charge in [-0.2, -0.15) is 5.10 Å². The highest BCUT2D eigenvalue weighted by molar-refractivity contribution is 6.07. The first kappa shape index (κ1) is 14.8.